The van der Waals surface area contributed by atoms with Crippen LogP contribution in [0.4, 0.5) is 15.9 Å². The first kappa shape index (κ1) is 15.2. The van der Waals surface area contributed by atoms with Crippen molar-refractivity contribution in [2.75, 3.05) is 25.6 Å². The van der Waals surface area contributed by atoms with Gasteiger partial charge in [-0.1, -0.05) is 18.2 Å². The molecule has 0 aliphatic heterocycles. The van der Waals surface area contributed by atoms with E-state index in [9.17, 15) is 4.39 Å². The Hall–Kier alpha value is -2.73. The van der Waals surface area contributed by atoms with E-state index < -0.39 is 5.82 Å². The van der Waals surface area contributed by atoms with Gasteiger partial charge < -0.3 is 14.8 Å². The first-order valence-electron chi connectivity index (χ1n) is 7.16. The lowest BCUT2D eigenvalue weighted by atomic mass is 10.2. The summed E-state index contributed by atoms with van der Waals surface area (Å²) in [5.41, 5.74) is 1.30. The molecule has 6 heteroatoms. The van der Waals surface area contributed by atoms with Crippen molar-refractivity contribution in [1.82, 2.24) is 9.97 Å². The van der Waals surface area contributed by atoms with Gasteiger partial charge in [0.2, 0.25) is 0 Å². The highest BCUT2D eigenvalue weighted by Crippen LogP contribution is 2.29. The summed E-state index contributed by atoms with van der Waals surface area (Å²) in [5.74, 6) is 0.396. The summed E-state index contributed by atoms with van der Waals surface area (Å²) in [6.45, 7) is 0.784. The number of para-hydroxylation sites is 1. The summed E-state index contributed by atoms with van der Waals surface area (Å²) in [6.07, 6.45) is 1.39. The maximum atomic E-state index is 14.5. The molecule has 1 aromatic heterocycles. The van der Waals surface area contributed by atoms with Gasteiger partial charge in [0.1, 0.15) is 30.3 Å². The first-order valence-corrected chi connectivity index (χ1v) is 7.16. The predicted octanol–water partition coefficient (Wildman–Crippen LogP) is 3.54. The van der Waals surface area contributed by atoms with E-state index in [2.05, 4.69) is 15.3 Å². The number of ether oxygens (including phenoxy) is 2. The summed E-state index contributed by atoms with van der Waals surface area (Å²) in [4.78, 5) is 8.28. The average molecular weight is 313 g/mol. The third-order valence-corrected chi connectivity index (χ3v) is 3.26. The van der Waals surface area contributed by atoms with E-state index in [1.807, 2.05) is 30.3 Å². The molecule has 3 rings (SSSR count). The second-order valence-corrected chi connectivity index (χ2v) is 4.85. The third kappa shape index (κ3) is 3.54. The van der Waals surface area contributed by atoms with Crippen LogP contribution in [-0.2, 0) is 4.74 Å². The normalized spacial score (nSPS) is 10.7. The number of benzene rings is 2. The molecule has 0 unspecified atom stereocenters. The van der Waals surface area contributed by atoms with Gasteiger partial charge in [-0.3, -0.25) is 0 Å². The summed E-state index contributed by atoms with van der Waals surface area (Å²) in [5, 5.41) is 3.44. The topological polar surface area (TPSA) is 56.3 Å². The minimum absolute atomic E-state index is 0.329. The van der Waals surface area contributed by atoms with E-state index in [1.165, 1.54) is 12.4 Å². The molecule has 5 nitrogen and oxygen atoms in total. The quantitative estimate of drug-likeness (QED) is 0.705. The zero-order chi connectivity index (χ0) is 16.1. The Bertz CT molecular complexity index is 796. The largest absolute Gasteiger partial charge is 0.491 e. The highest BCUT2D eigenvalue weighted by atomic mass is 19.1. The molecular formula is C17H16FN3O2. The van der Waals surface area contributed by atoms with Crippen LogP contribution in [0, 0.1) is 5.82 Å². The van der Waals surface area contributed by atoms with Gasteiger partial charge in [0.05, 0.1) is 17.5 Å². The monoisotopic (exact) mass is 313 g/mol. The van der Waals surface area contributed by atoms with Crippen molar-refractivity contribution < 1.29 is 13.9 Å². The molecule has 118 valence electrons. The zero-order valence-corrected chi connectivity index (χ0v) is 12.6. The van der Waals surface area contributed by atoms with Crippen LogP contribution in [0.3, 0.4) is 0 Å². The van der Waals surface area contributed by atoms with Crippen molar-refractivity contribution in [3.63, 3.8) is 0 Å². The van der Waals surface area contributed by atoms with Crippen LogP contribution in [0.2, 0.25) is 0 Å². The highest BCUT2D eigenvalue weighted by Gasteiger charge is 2.12. The fourth-order valence-corrected chi connectivity index (χ4v) is 2.20. The zero-order valence-electron chi connectivity index (χ0n) is 12.6. The molecule has 0 spiro atoms. The second kappa shape index (κ2) is 7.02. The van der Waals surface area contributed by atoms with Crippen LogP contribution in [0.15, 0.2) is 48.8 Å². The Labute approximate surface area is 133 Å². The van der Waals surface area contributed by atoms with Crippen LogP contribution >= 0.6 is 0 Å². The van der Waals surface area contributed by atoms with Gasteiger partial charge in [-0.25, -0.2) is 14.4 Å². The van der Waals surface area contributed by atoms with Crippen LogP contribution in [-0.4, -0.2) is 30.3 Å². The number of rotatable bonds is 6. The van der Waals surface area contributed by atoms with E-state index in [4.69, 9.17) is 9.47 Å². The molecule has 0 aliphatic rings. The minimum atomic E-state index is -0.436. The highest BCUT2D eigenvalue weighted by molar-refractivity contribution is 5.92. The number of aromatic nitrogens is 2. The third-order valence-electron chi connectivity index (χ3n) is 3.26. The molecule has 1 heterocycles. The van der Waals surface area contributed by atoms with Crippen LogP contribution in [0.1, 0.15) is 0 Å². The van der Waals surface area contributed by atoms with E-state index >= 15 is 0 Å². The summed E-state index contributed by atoms with van der Waals surface area (Å²) < 4.78 is 24.8. The van der Waals surface area contributed by atoms with E-state index in [1.54, 1.807) is 13.2 Å². The predicted molar refractivity (Wildman–Crippen MR) is 86.6 cm³/mol. The van der Waals surface area contributed by atoms with Gasteiger partial charge in [0.15, 0.2) is 0 Å². The van der Waals surface area contributed by atoms with Gasteiger partial charge in [-0.2, -0.15) is 0 Å². The van der Waals surface area contributed by atoms with Crippen LogP contribution in [0.25, 0.3) is 10.9 Å². The Balaban J connectivity index is 1.94. The molecule has 0 atom stereocenters. The molecule has 0 saturated carbocycles. The minimum Gasteiger partial charge on any atom is -0.491 e. The summed E-state index contributed by atoms with van der Waals surface area (Å²) >= 11 is 0. The lowest BCUT2D eigenvalue weighted by molar-refractivity contribution is 0.146. The van der Waals surface area contributed by atoms with Gasteiger partial charge in [-0.05, 0) is 12.1 Å². The molecule has 2 aromatic carbocycles. The summed E-state index contributed by atoms with van der Waals surface area (Å²) in [6, 6.07) is 12.5. The molecule has 23 heavy (non-hydrogen) atoms. The number of methoxy groups -OCH3 is 1. The number of halogens is 1. The number of nitrogens with zero attached hydrogens (tertiary/aromatic N) is 2. The fraction of sp³-hybridized carbons (Fsp3) is 0.176. The molecule has 0 radical (unpaired) electrons. The smallest absolute Gasteiger partial charge is 0.144 e. The van der Waals surface area contributed by atoms with Crippen molar-refractivity contribution in [1.29, 1.82) is 0 Å². The lowest BCUT2D eigenvalue weighted by Crippen LogP contribution is -2.05. The maximum Gasteiger partial charge on any atom is 0.144 e. The number of hydrogen-bond acceptors (Lipinski definition) is 5. The molecule has 1 N–H and O–H groups in total. The van der Waals surface area contributed by atoms with Crippen LogP contribution < -0.4 is 10.1 Å². The Morgan fingerprint density at radius 1 is 1.09 bits per heavy atom. The van der Waals surface area contributed by atoms with Crippen molar-refractivity contribution in [3.8, 4) is 5.75 Å². The molecule has 3 aromatic rings. The Morgan fingerprint density at radius 3 is 2.70 bits per heavy atom. The lowest BCUT2D eigenvalue weighted by Gasteiger charge is -2.11. The van der Waals surface area contributed by atoms with E-state index in [0.29, 0.717) is 35.7 Å². The number of anilines is 2. The standard InChI is InChI=1S/C17H16FN3O2/c1-22-7-8-23-13-9-14(18)16-15(10-13)19-11-20-17(16)21-12-5-3-2-4-6-12/h2-6,9-11H,7-8H2,1H3,(H,19,20,21). The van der Waals surface area contributed by atoms with Crippen molar-refractivity contribution in [2.45, 2.75) is 0 Å². The molecule has 0 saturated heterocycles. The number of fused-ring (bicyclic) bond motifs is 1. The van der Waals surface area contributed by atoms with Gasteiger partial charge in [0, 0.05) is 24.9 Å². The molecular weight excluding hydrogens is 297 g/mol. The van der Waals surface area contributed by atoms with E-state index in [0.717, 1.165) is 5.69 Å². The fourth-order valence-electron chi connectivity index (χ4n) is 2.20. The number of nitrogens with one attached hydrogen (secondary N) is 1. The summed E-state index contributed by atoms with van der Waals surface area (Å²) in [7, 11) is 1.58. The Kier molecular flexibility index (Phi) is 4.63. The van der Waals surface area contributed by atoms with Gasteiger partial charge >= 0.3 is 0 Å². The first-order chi connectivity index (χ1) is 11.3. The molecule has 0 fully saturated rings. The van der Waals surface area contributed by atoms with Crippen molar-refractivity contribution in [3.05, 3.63) is 54.6 Å². The number of hydrogen-bond donors (Lipinski definition) is 1. The average Bonchev–Trinajstić information content (AvgIpc) is 2.56. The van der Waals surface area contributed by atoms with Crippen LogP contribution in [0.5, 0.6) is 5.75 Å². The molecule has 0 amide bonds. The van der Waals surface area contributed by atoms with Crippen molar-refractivity contribution >= 4 is 22.4 Å². The SMILES string of the molecule is COCCOc1cc(F)c2c(Nc3ccccc3)ncnc2c1. The van der Waals surface area contributed by atoms with Gasteiger partial charge in [0.25, 0.3) is 0 Å². The maximum absolute atomic E-state index is 14.5. The van der Waals surface area contributed by atoms with Crippen molar-refractivity contribution in [2.24, 2.45) is 0 Å². The second-order valence-electron chi connectivity index (χ2n) is 4.85. The van der Waals surface area contributed by atoms with Gasteiger partial charge in [-0.15, -0.1) is 0 Å². The Morgan fingerprint density at radius 2 is 1.91 bits per heavy atom. The molecule has 0 aliphatic carbocycles. The van der Waals surface area contributed by atoms with E-state index in [-0.39, 0.29) is 0 Å². The molecule has 0 bridgehead atoms.